The van der Waals surface area contributed by atoms with Gasteiger partial charge in [0.25, 0.3) is 11.8 Å². The Morgan fingerprint density at radius 3 is 2.54 bits per heavy atom. The van der Waals surface area contributed by atoms with Gasteiger partial charge in [0.2, 0.25) is 0 Å². The lowest BCUT2D eigenvalue weighted by Crippen LogP contribution is -2.51. The standard InChI is InChI=1S/C24H21ClF5N3O4/c1-23(2)36-19-18(21(34)32(3)16-8-12(25)13(26)9-14(16)27)33(22(35)20(19)37-23)17-7-11(24(28,29)30)10-5-4-6-15(10)31-17/h7-9,18-20H,4-6H2,1-3H3/t18-,19-,20-/m0/s1. The average Bonchev–Trinajstić information content (AvgIpc) is 3.46. The molecular weight excluding hydrogens is 525 g/mol. The maximum Gasteiger partial charge on any atom is 0.416 e. The van der Waals surface area contributed by atoms with Crippen LogP contribution >= 0.6 is 11.6 Å². The van der Waals surface area contributed by atoms with Crippen LogP contribution in [0.1, 0.15) is 37.1 Å². The normalized spacial score (nSPS) is 24.4. The van der Waals surface area contributed by atoms with Gasteiger partial charge in [0.1, 0.15) is 29.6 Å². The second-order valence-electron chi connectivity index (χ2n) is 9.59. The number of ether oxygens (including phenoxy) is 2. The van der Waals surface area contributed by atoms with E-state index in [1.807, 2.05) is 0 Å². The molecular formula is C24H21ClF5N3O4. The molecule has 37 heavy (non-hydrogen) atoms. The molecule has 2 aromatic rings. The van der Waals surface area contributed by atoms with Crippen molar-refractivity contribution in [3.63, 3.8) is 0 Å². The number of aryl methyl sites for hydroxylation is 1. The largest absolute Gasteiger partial charge is 0.416 e. The molecule has 0 unspecified atom stereocenters. The first-order valence-corrected chi connectivity index (χ1v) is 11.8. The van der Waals surface area contributed by atoms with E-state index in [0.717, 1.165) is 21.9 Å². The number of likely N-dealkylation sites (N-methyl/N-ethyl adjacent to an activating group) is 1. The van der Waals surface area contributed by atoms with Gasteiger partial charge in [-0.25, -0.2) is 13.8 Å². The number of alkyl halides is 3. The first kappa shape index (κ1) is 25.8. The molecule has 1 aliphatic carbocycles. The zero-order chi connectivity index (χ0) is 27.0. The van der Waals surface area contributed by atoms with Gasteiger partial charge in [-0.2, -0.15) is 13.2 Å². The minimum absolute atomic E-state index is 0.0553. The summed E-state index contributed by atoms with van der Waals surface area (Å²) in [6.07, 6.45) is -6.34. The van der Waals surface area contributed by atoms with E-state index in [0.29, 0.717) is 12.5 Å². The number of rotatable bonds is 3. The van der Waals surface area contributed by atoms with Crippen LogP contribution < -0.4 is 9.80 Å². The summed E-state index contributed by atoms with van der Waals surface area (Å²) in [6, 6.07) is 0.580. The fourth-order valence-electron chi connectivity index (χ4n) is 5.13. The molecule has 2 amide bonds. The highest BCUT2D eigenvalue weighted by Gasteiger charge is 2.61. The fraction of sp³-hybridized carbons (Fsp3) is 0.458. The summed E-state index contributed by atoms with van der Waals surface area (Å²) in [6.45, 7) is 3.03. The lowest BCUT2D eigenvalue weighted by Gasteiger charge is -2.32. The lowest BCUT2D eigenvalue weighted by atomic mass is 10.1. The summed E-state index contributed by atoms with van der Waals surface area (Å²) in [5.74, 6) is -5.55. The van der Waals surface area contributed by atoms with E-state index in [4.69, 9.17) is 21.1 Å². The van der Waals surface area contributed by atoms with Crippen molar-refractivity contribution in [3.05, 3.63) is 51.7 Å². The molecule has 1 aromatic heterocycles. The third-order valence-corrected chi connectivity index (χ3v) is 7.01. The van der Waals surface area contributed by atoms with Crippen LogP contribution in [-0.4, -0.2) is 47.9 Å². The number of amides is 2. The Morgan fingerprint density at radius 1 is 1.16 bits per heavy atom. The first-order chi connectivity index (χ1) is 17.2. The molecule has 198 valence electrons. The van der Waals surface area contributed by atoms with Crippen molar-refractivity contribution >= 4 is 34.9 Å². The zero-order valence-electron chi connectivity index (χ0n) is 19.8. The van der Waals surface area contributed by atoms with Gasteiger partial charge in [0.05, 0.1) is 16.3 Å². The summed E-state index contributed by atoms with van der Waals surface area (Å²) < 4.78 is 81.5. The van der Waals surface area contributed by atoms with E-state index < -0.39 is 69.9 Å². The van der Waals surface area contributed by atoms with Crippen molar-refractivity contribution in [2.45, 2.75) is 63.3 Å². The minimum atomic E-state index is -4.72. The smallest absolute Gasteiger partial charge is 0.341 e. The number of aromatic nitrogens is 1. The van der Waals surface area contributed by atoms with Crippen molar-refractivity contribution in [1.29, 1.82) is 0 Å². The van der Waals surface area contributed by atoms with Crippen LogP contribution in [0.4, 0.5) is 33.5 Å². The summed E-state index contributed by atoms with van der Waals surface area (Å²) >= 11 is 5.78. The van der Waals surface area contributed by atoms with Crippen LogP contribution in [0.15, 0.2) is 18.2 Å². The topological polar surface area (TPSA) is 72.0 Å². The van der Waals surface area contributed by atoms with Gasteiger partial charge >= 0.3 is 6.18 Å². The highest BCUT2D eigenvalue weighted by Crippen LogP contribution is 2.43. The Labute approximate surface area is 213 Å². The molecule has 2 aliphatic heterocycles. The molecule has 0 saturated carbocycles. The van der Waals surface area contributed by atoms with Crippen molar-refractivity contribution < 1.29 is 41.0 Å². The van der Waals surface area contributed by atoms with Gasteiger partial charge in [-0.15, -0.1) is 0 Å². The van der Waals surface area contributed by atoms with Crippen molar-refractivity contribution in [1.82, 2.24) is 4.98 Å². The summed E-state index contributed by atoms with van der Waals surface area (Å²) in [5, 5.41) is -0.454. The second kappa shape index (κ2) is 8.60. The predicted molar refractivity (Wildman–Crippen MR) is 121 cm³/mol. The van der Waals surface area contributed by atoms with Crippen LogP contribution in [0.3, 0.4) is 0 Å². The molecule has 1 aromatic carbocycles. The number of anilines is 2. The maximum absolute atomic E-state index is 14.6. The van der Waals surface area contributed by atoms with Gasteiger partial charge < -0.3 is 14.4 Å². The second-order valence-corrected chi connectivity index (χ2v) is 10.0. The first-order valence-electron chi connectivity index (χ1n) is 11.4. The van der Waals surface area contributed by atoms with Crippen LogP contribution in [-0.2, 0) is 38.1 Å². The third kappa shape index (κ3) is 4.24. The molecule has 2 fully saturated rings. The predicted octanol–water partition coefficient (Wildman–Crippen LogP) is 4.42. The zero-order valence-corrected chi connectivity index (χ0v) is 20.6. The summed E-state index contributed by atoms with van der Waals surface area (Å²) in [5.41, 5.74) is -1.09. The number of carbonyl (C=O) groups excluding carboxylic acids is 2. The number of halogens is 6. The molecule has 3 atom stereocenters. The number of benzene rings is 1. The molecule has 0 bridgehead atoms. The van der Waals surface area contributed by atoms with Gasteiger partial charge in [-0.3, -0.25) is 14.5 Å². The fourth-order valence-corrected chi connectivity index (χ4v) is 5.29. The van der Waals surface area contributed by atoms with Gasteiger partial charge in [-0.05, 0) is 50.8 Å². The Hall–Kier alpha value is -2.83. The van der Waals surface area contributed by atoms with E-state index in [9.17, 15) is 31.5 Å². The Morgan fingerprint density at radius 2 is 1.86 bits per heavy atom. The number of fused-ring (bicyclic) bond motifs is 2. The summed E-state index contributed by atoms with van der Waals surface area (Å²) in [4.78, 5) is 33.1. The van der Waals surface area contributed by atoms with E-state index >= 15 is 0 Å². The van der Waals surface area contributed by atoms with E-state index in [1.165, 1.54) is 20.9 Å². The van der Waals surface area contributed by atoms with Crippen molar-refractivity contribution in [3.8, 4) is 0 Å². The Balaban J connectivity index is 1.62. The Kier molecular flexibility index (Phi) is 6.00. The van der Waals surface area contributed by atoms with Gasteiger partial charge in [0.15, 0.2) is 11.9 Å². The molecule has 2 saturated heterocycles. The van der Waals surface area contributed by atoms with Gasteiger partial charge in [0, 0.05) is 18.8 Å². The van der Waals surface area contributed by atoms with Crippen LogP contribution in [0.5, 0.6) is 0 Å². The highest BCUT2D eigenvalue weighted by atomic mass is 35.5. The third-order valence-electron chi connectivity index (χ3n) is 6.72. The van der Waals surface area contributed by atoms with Crippen LogP contribution in [0.25, 0.3) is 0 Å². The van der Waals surface area contributed by atoms with Crippen LogP contribution in [0.2, 0.25) is 5.02 Å². The lowest BCUT2D eigenvalue weighted by molar-refractivity contribution is -0.161. The maximum atomic E-state index is 14.6. The van der Waals surface area contributed by atoms with Crippen molar-refractivity contribution in [2.24, 2.45) is 0 Å². The molecule has 0 N–H and O–H groups in total. The number of pyridine rings is 1. The highest BCUT2D eigenvalue weighted by molar-refractivity contribution is 6.31. The number of nitrogens with zero attached hydrogens (tertiary/aromatic N) is 3. The average molecular weight is 546 g/mol. The number of hydrogen-bond acceptors (Lipinski definition) is 5. The molecule has 3 heterocycles. The SMILES string of the molecule is CN(C(=O)[C@@H]1[C@@H]2OC(C)(C)O[C@@H]2C(=O)N1c1cc(C(F)(F)F)c2c(n1)CCC2)c1cc(Cl)c(F)cc1F. The summed E-state index contributed by atoms with van der Waals surface area (Å²) in [7, 11) is 1.17. The van der Waals surface area contributed by atoms with E-state index in [2.05, 4.69) is 4.98 Å². The van der Waals surface area contributed by atoms with Crippen molar-refractivity contribution in [2.75, 3.05) is 16.8 Å². The molecule has 3 aliphatic rings. The van der Waals surface area contributed by atoms with Crippen LogP contribution in [0, 0.1) is 11.6 Å². The molecule has 13 heteroatoms. The van der Waals surface area contributed by atoms with E-state index in [1.54, 1.807) is 0 Å². The number of hydrogen-bond donors (Lipinski definition) is 0. The number of carbonyl (C=O) groups is 2. The van der Waals surface area contributed by atoms with Gasteiger partial charge in [-0.1, -0.05) is 11.6 Å². The quantitative estimate of drug-likeness (QED) is 0.422. The monoisotopic (exact) mass is 545 g/mol. The van der Waals surface area contributed by atoms with E-state index in [-0.39, 0.29) is 29.9 Å². The minimum Gasteiger partial charge on any atom is -0.341 e. The molecule has 5 rings (SSSR count). The Bertz CT molecular complexity index is 1320. The molecule has 7 nitrogen and oxygen atoms in total. The molecule has 0 spiro atoms. The molecule has 0 radical (unpaired) electrons.